The molecule has 0 aromatic heterocycles. The number of hydrogen-bond acceptors (Lipinski definition) is 6. The lowest BCUT2D eigenvalue weighted by atomic mass is 10.00. The van der Waals surface area contributed by atoms with Crippen molar-refractivity contribution in [1.82, 2.24) is 0 Å². The highest BCUT2D eigenvalue weighted by Gasteiger charge is 2.12. The van der Waals surface area contributed by atoms with Crippen LogP contribution in [0.2, 0.25) is 0 Å². The van der Waals surface area contributed by atoms with Crippen LogP contribution < -0.4 is 0 Å². The predicted octanol–water partition coefficient (Wildman–Crippen LogP) is 1.34. The summed E-state index contributed by atoms with van der Waals surface area (Å²) in [4.78, 5) is 30.2. The maximum Gasteiger partial charge on any atom is 0.306 e. The molecule has 6 N–H and O–H groups in total. The Morgan fingerprint density at radius 1 is 0.808 bits per heavy atom. The second-order valence-corrected chi connectivity index (χ2v) is 5.60. The fourth-order valence-corrected chi connectivity index (χ4v) is 1.56. The predicted molar refractivity (Wildman–Crippen MR) is 94.9 cm³/mol. The Morgan fingerprint density at radius 3 is 1.42 bits per heavy atom. The SMILES string of the molecule is CCCCC(CC)C(=O)O.O=C(O)CCCCC(=O)O.OCC(O)CO. The van der Waals surface area contributed by atoms with Gasteiger partial charge in [0, 0.05) is 12.8 Å². The van der Waals surface area contributed by atoms with Crippen LogP contribution in [-0.2, 0) is 14.4 Å². The van der Waals surface area contributed by atoms with Crippen molar-refractivity contribution in [2.24, 2.45) is 5.92 Å². The van der Waals surface area contributed by atoms with Crippen LogP contribution in [0, 0.1) is 5.92 Å². The van der Waals surface area contributed by atoms with E-state index in [1.54, 1.807) is 0 Å². The van der Waals surface area contributed by atoms with Crippen molar-refractivity contribution in [3.8, 4) is 0 Å². The molecule has 1 atom stereocenters. The molecule has 0 amide bonds. The molecular formula is C17H34O9. The summed E-state index contributed by atoms with van der Waals surface area (Å²) in [6, 6.07) is 0. The zero-order chi connectivity index (χ0) is 21.0. The number of carboxylic acid groups (broad SMARTS) is 3. The topological polar surface area (TPSA) is 173 Å². The summed E-state index contributed by atoms with van der Waals surface area (Å²) in [5.74, 6) is -2.49. The van der Waals surface area contributed by atoms with Crippen LogP contribution >= 0.6 is 0 Å². The van der Waals surface area contributed by atoms with Gasteiger partial charge in [0.05, 0.1) is 19.1 Å². The normalized spacial score (nSPS) is 10.8. The molecule has 0 saturated heterocycles. The molecular weight excluding hydrogens is 348 g/mol. The molecule has 0 aliphatic rings. The molecule has 9 heteroatoms. The lowest BCUT2D eigenvalue weighted by Gasteiger charge is -2.06. The van der Waals surface area contributed by atoms with Crippen molar-refractivity contribution >= 4 is 17.9 Å². The summed E-state index contributed by atoms with van der Waals surface area (Å²) in [5, 5.41) is 48.9. The Hall–Kier alpha value is -1.71. The van der Waals surface area contributed by atoms with E-state index < -0.39 is 24.0 Å². The van der Waals surface area contributed by atoms with Gasteiger partial charge in [-0.3, -0.25) is 14.4 Å². The highest BCUT2D eigenvalue weighted by Crippen LogP contribution is 2.11. The van der Waals surface area contributed by atoms with Crippen molar-refractivity contribution in [2.75, 3.05) is 13.2 Å². The highest BCUT2D eigenvalue weighted by atomic mass is 16.4. The van der Waals surface area contributed by atoms with E-state index in [0.717, 1.165) is 25.7 Å². The first kappa shape index (κ1) is 29.1. The molecule has 0 bridgehead atoms. The molecule has 156 valence electrons. The van der Waals surface area contributed by atoms with Gasteiger partial charge in [-0.15, -0.1) is 0 Å². The van der Waals surface area contributed by atoms with Crippen molar-refractivity contribution in [2.45, 2.75) is 71.3 Å². The molecule has 0 aliphatic heterocycles. The summed E-state index contributed by atoms with van der Waals surface area (Å²) in [6.07, 6.45) is 3.78. The Bertz CT molecular complexity index is 338. The van der Waals surface area contributed by atoms with Crippen molar-refractivity contribution in [3.63, 3.8) is 0 Å². The number of rotatable bonds is 12. The molecule has 9 nitrogen and oxygen atoms in total. The van der Waals surface area contributed by atoms with Gasteiger partial charge in [0.1, 0.15) is 6.10 Å². The first-order valence-electron chi connectivity index (χ1n) is 8.72. The van der Waals surface area contributed by atoms with Crippen LogP contribution in [0.4, 0.5) is 0 Å². The van der Waals surface area contributed by atoms with E-state index in [-0.39, 0.29) is 32.0 Å². The largest absolute Gasteiger partial charge is 0.481 e. The fourth-order valence-electron chi connectivity index (χ4n) is 1.56. The molecule has 0 aromatic carbocycles. The maximum atomic E-state index is 10.4. The molecule has 0 radical (unpaired) electrons. The number of unbranched alkanes of at least 4 members (excludes halogenated alkanes) is 2. The number of hydrogen-bond donors (Lipinski definition) is 6. The van der Waals surface area contributed by atoms with E-state index >= 15 is 0 Å². The molecule has 1 unspecified atom stereocenters. The third-order valence-corrected chi connectivity index (χ3v) is 3.20. The molecule has 0 spiro atoms. The van der Waals surface area contributed by atoms with Gasteiger partial charge in [0.25, 0.3) is 0 Å². The summed E-state index contributed by atoms with van der Waals surface area (Å²) < 4.78 is 0. The first-order valence-corrected chi connectivity index (χ1v) is 8.72. The molecule has 26 heavy (non-hydrogen) atoms. The summed E-state index contributed by atoms with van der Waals surface area (Å²) >= 11 is 0. The lowest BCUT2D eigenvalue weighted by molar-refractivity contribution is -0.142. The highest BCUT2D eigenvalue weighted by molar-refractivity contribution is 5.69. The smallest absolute Gasteiger partial charge is 0.306 e. The Morgan fingerprint density at radius 2 is 1.23 bits per heavy atom. The molecule has 0 heterocycles. The monoisotopic (exact) mass is 382 g/mol. The Labute approximate surface area is 154 Å². The average Bonchev–Trinajstić information content (AvgIpc) is 2.59. The van der Waals surface area contributed by atoms with E-state index in [9.17, 15) is 14.4 Å². The third kappa shape index (κ3) is 27.2. The van der Waals surface area contributed by atoms with Gasteiger partial charge in [-0.1, -0.05) is 26.7 Å². The Kier molecular flexibility index (Phi) is 23.9. The summed E-state index contributed by atoms with van der Waals surface area (Å²) in [6.45, 7) is 3.27. The third-order valence-electron chi connectivity index (χ3n) is 3.20. The van der Waals surface area contributed by atoms with Crippen LogP contribution in [0.15, 0.2) is 0 Å². The quantitative estimate of drug-likeness (QED) is 0.272. The molecule has 0 fully saturated rings. The summed E-state index contributed by atoms with van der Waals surface area (Å²) in [5.41, 5.74) is 0. The van der Waals surface area contributed by atoms with Gasteiger partial charge in [0.15, 0.2) is 0 Å². The minimum Gasteiger partial charge on any atom is -0.481 e. The second-order valence-electron chi connectivity index (χ2n) is 5.60. The van der Waals surface area contributed by atoms with Crippen LogP contribution in [0.5, 0.6) is 0 Å². The van der Waals surface area contributed by atoms with Crippen LogP contribution in [0.3, 0.4) is 0 Å². The van der Waals surface area contributed by atoms with Gasteiger partial charge < -0.3 is 30.6 Å². The van der Waals surface area contributed by atoms with E-state index in [1.165, 1.54) is 0 Å². The van der Waals surface area contributed by atoms with E-state index in [0.29, 0.717) is 12.8 Å². The van der Waals surface area contributed by atoms with Crippen molar-refractivity contribution < 1.29 is 45.0 Å². The number of aliphatic hydroxyl groups is 3. The molecule has 0 aromatic rings. The number of carbonyl (C=O) groups is 3. The first-order chi connectivity index (χ1) is 12.2. The minimum atomic E-state index is -0.954. The number of carboxylic acids is 3. The van der Waals surface area contributed by atoms with Crippen LogP contribution in [0.25, 0.3) is 0 Å². The van der Waals surface area contributed by atoms with Gasteiger partial charge in [-0.2, -0.15) is 0 Å². The summed E-state index contributed by atoms with van der Waals surface area (Å²) in [7, 11) is 0. The molecule has 0 aliphatic carbocycles. The second kappa shape index (κ2) is 21.3. The Balaban J connectivity index is -0.000000316. The van der Waals surface area contributed by atoms with E-state index in [4.69, 9.17) is 30.6 Å². The molecule has 0 saturated carbocycles. The maximum absolute atomic E-state index is 10.4. The van der Waals surface area contributed by atoms with Gasteiger partial charge in [-0.05, 0) is 25.7 Å². The average molecular weight is 382 g/mol. The zero-order valence-electron chi connectivity index (χ0n) is 15.6. The fraction of sp³-hybridized carbons (Fsp3) is 0.824. The van der Waals surface area contributed by atoms with Crippen LogP contribution in [0.1, 0.15) is 65.2 Å². The van der Waals surface area contributed by atoms with Crippen molar-refractivity contribution in [1.29, 1.82) is 0 Å². The lowest BCUT2D eigenvalue weighted by Crippen LogP contribution is -2.15. The van der Waals surface area contributed by atoms with E-state index in [1.807, 2.05) is 6.92 Å². The standard InChI is InChI=1S/C8H16O2.C6H10O4.C3H8O3/c1-3-5-6-7(4-2)8(9)10;7-5(8)3-1-2-4-6(9)10;4-1-3(6)2-5/h7H,3-6H2,1-2H3,(H,9,10);1-4H2,(H,7,8)(H,9,10);3-6H,1-2H2. The number of aliphatic carboxylic acids is 3. The van der Waals surface area contributed by atoms with Gasteiger partial charge in [-0.25, -0.2) is 0 Å². The van der Waals surface area contributed by atoms with Gasteiger partial charge >= 0.3 is 17.9 Å². The number of aliphatic hydroxyl groups excluding tert-OH is 3. The van der Waals surface area contributed by atoms with Gasteiger partial charge in [0.2, 0.25) is 0 Å². The molecule has 0 rings (SSSR count). The van der Waals surface area contributed by atoms with Crippen LogP contribution in [-0.4, -0.2) is 67.9 Å². The van der Waals surface area contributed by atoms with Crippen molar-refractivity contribution in [3.05, 3.63) is 0 Å². The minimum absolute atomic E-state index is 0.0628. The van der Waals surface area contributed by atoms with E-state index in [2.05, 4.69) is 6.92 Å². The zero-order valence-corrected chi connectivity index (χ0v) is 15.6.